The number of rotatable bonds is 5. The zero-order valence-corrected chi connectivity index (χ0v) is 14.8. The van der Waals surface area contributed by atoms with Gasteiger partial charge in [-0.05, 0) is 39.8 Å². The van der Waals surface area contributed by atoms with Crippen molar-refractivity contribution in [1.29, 1.82) is 0 Å². The number of aryl methyl sites for hydroxylation is 1. The first-order chi connectivity index (χ1) is 10.2. The fourth-order valence-electron chi connectivity index (χ4n) is 2.14. The van der Waals surface area contributed by atoms with Crippen LogP contribution < -0.4 is 4.72 Å². The van der Waals surface area contributed by atoms with Crippen LogP contribution in [0, 0.1) is 0 Å². The van der Waals surface area contributed by atoms with Crippen molar-refractivity contribution in [3.05, 3.63) is 23.2 Å². The van der Waals surface area contributed by atoms with Gasteiger partial charge < -0.3 is 5.11 Å². The molecule has 0 amide bonds. The molecule has 0 aliphatic rings. The van der Waals surface area contributed by atoms with E-state index >= 15 is 0 Å². The van der Waals surface area contributed by atoms with Crippen molar-refractivity contribution in [1.82, 2.24) is 14.5 Å². The highest BCUT2D eigenvalue weighted by Gasteiger charge is 2.26. The second-order valence-electron chi connectivity index (χ2n) is 5.95. The predicted octanol–water partition coefficient (Wildman–Crippen LogP) is 2.20. The fraction of sp³-hybridized carbons (Fsp3) is 0.500. The van der Waals surface area contributed by atoms with E-state index in [1.807, 2.05) is 13.0 Å². The molecule has 0 bridgehead atoms. The van der Waals surface area contributed by atoms with Gasteiger partial charge in [0.1, 0.15) is 4.21 Å². The standard InChI is InChI=1S/C14H21N3O3S2/c1-5-17-11(6-7-15-17)10-8-13(21-12(10)9-18)22(19,20)16-14(2,3)4/h6-8,16,18H,5,9H2,1-4H3. The number of aliphatic hydroxyl groups excluding tert-OH is 1. The molecule has 2 heterocycles. The Bertz CT molecular complexity index is 755. The highest BCUT2D eigenvalue weighted by atomic mass is 32.2. The molecular formula is C14H21N3O3S2. The molecule has 6 nitrogen and oxygen atoms in total. The highest BCUT2D eigenvalue weighted by molar-refractivity contribution is 7.91. The molecule has 8 heteroatoms. The van der Waals surface area contributed by atoms with Gasteiger partial charge in [-0.3, -0.25) is 4.68 Å². The number of aliphatic hydroxyl groups is 1. The molecule has 0 aromatic carbocycles. The summed E-state index contributed by atoms with van der Waals surface area (Å²) < 4.78 is 29.5. The average molecular weight is 343 g/mol. The number of aromatic nitrogens is 2. The van der Waals surface area contributed by atoms with Gasteiger partial charge in [0, 0.05) is 28.7 Å². The van der Waals surface area contributed by atoms with E-state index in [1.165, 1.54) is 0 Å². The minimum Gasteiger partial charge on any atom is -0.391 e. The van der Waals surface area contributed by atoms with Crippen LogP contribution in [-0.2, 0) is 23.2 Å². The van der Waals surface area contributed by atoms with Crippen molar-refractivity contribution < 1.29 is 13.5 Å². The highest BCUT2D eigenvalue weighted by Crippen LogP contribution is 2.34. The van der Waals surface area contributed by atoms with Crippen LogP contribution in [-0.4, -0.2) is 28.8 Å². The van der Waals surface area contributed by atoms with Crippen molar-refractivity contribution in [2.75, 3.05) is 0 Å². The molecule has 0 saturated heterocycles. The summed E-state index contributed by atoms with van der Waals surface area (Å²) in [5, 5.41) is 13.7. The zero-order chi connectivity index (χ0) is 16.5. The van der Waals surface area contributed by atoms with Crippen LogP contribution in [0.4, 0.5) is 0 Å². The van der Waals surface area contributed by atoms with Crippen LogP contribution >= 0.6 is 11.3 Å². The second-order valence-corrected chi connectivity index (χ2v) is 8.99. The first kappa shape index (κ1) is 17.1. The lowest BCUT2D eigenvalue weighted by Gasteiger charge is -2.19. The molecule has 0 saturated carbocycles. The minimum atomic E-state index is -3.61. The van der Waals surface area contributed by atoms with Gasteiger partial charge in [-0.1, -0.05) is 0 Å². The molecule has 0 atom stereocenters. The van der Waals surface area contributed by atoms with Crippen molar-refractivity contribution in [2.24, 2.45) is 0 Å². The van der Waals surface area contributed by atoms with E-state index in [0.29, 0.717) is 17.0 Å². The van der Waals surface area contributed by atoms with E-state index in [9.17, 15) is 13.5 Å². The van der Waals surface area contributed by atoms with E-state index in [0.717, 1.165) is 17.0 Å². The number of sulfonamides is 1. The van der Waals surface area contributed by atoms with E-state index in [-0.39, 0.29) is 10.8 Å². The molecule has 0 aliphatic heterocycles. The Morgan fingerprint density at radius 3 is 2.64 bits per heavy atom. The molecule has 2 N–H and O–H groups in total. The number of nitrogens with zero attached hydrogens (tertiary/aromatic N) is 2. The molecule has 0 fully saturated rings. The van der Waals surface area contributed by atoms with Crippen LogP contribution in [0.15, 0.2) is 22.5 Å². The monoisotopic (exact) mass is 343 g/mol. The molecule has 122 valence electrons. The molecule has 2 aromatic heterocycles. The molecule has 0 radical (unpaired) electrons. The Kier molecular flexibility index (Phi) is 4.76. The maximum Gasteiger partial charge on any atom is 0.250 e. The summed E-state index contributed by atoms with van der Waals surface area (Å²) in [6.45, 7) is 7.79. The summed E-state index contributed by atoms with van der Waals surface area (Å²) in [5.74, 6) is 0. The fourth-order valence-corrected chi connectivity index (χ4v) is 4.94. The molecule has 0 unspecified atom stereocenters. The minimum absolute atomic E-state index is 0.199. The van der Waals surface area contributed by atoms with E-state index in [1.54, 1.807) is 37.7 Å². The molecule has 2 rings (SSSR count). The normalized spacial score (nSPS) is 12.8. The lowest BCUT2D eigenvalue weighted by Crippen LogP contribution is -2.40. The summed E-state index contributed by atoms with van der Waals surface area (Å²) in [6.07, 6.45) is 1.67. The topological polar surface area (TPSA) is 84.2 Å². The second kappa shape index (κ2) is 6.11. The lowest BCUT2D eigenvalue weighted by atomic mass is 10.1. The van der Waals surface area contributed by atoms with Crippen LogP contribution in [0.5, 0.6) is 0 Å². The van der Waals surface area contributed by atoms with Crippen molar-refractivity contribution in [2.45, 2.75) is 50.6 Å². The van der Waals surface area contributed by atoms with Gasteiger partial charge in [0.15, 0.2) is 0 Å². The van der Waals surface area contributed by atoms with Gasteiger partial charge in [0.05, 0.1) is 12.3 Å². The maximum atomic E-state index is 12.4. The average Bonchev–Trinajstić information content (AvgIpc) is 3.01. The van der Waals surface area contributed by atoms with Gasteiger partial charge in [-0.15, -0.1) is 11.3 Å². The SMILES string of the molecule is CCn1nccc1-c1cc(S(=O)(=O)NC(C)(C)C)sc1CO. The van der Waals surface area contributed by atoms with Crippen molar-refractivity contribution in [3.8, 4) is 11.3 Å². The zero-order valence-electron chi connectivity index (χ0n) is 13.1. The quantitative estimate of drug-likeness (QED) is 0.872. The first-order valence-corrected chi connectivity index (χ1v) is 9.27. The van der Waals surface area contributed by atoms with E-state index in [2.05, 4.69) is 9.82 Å². The largest absolute Gasteiger partial charge is 0.391 e. The van der Waals surface area contributed by atoms with Gasteiger partial charge in [-0.25, -0.2) is 13.1 Å². The van der Waals surface area contributed by atoms with Crippen LogP contribution in [0.2, 0.25) is 0 Å². The predicted molar refractivity (Wildman–Crippen MR) is 87.2 cm³/mol. The smallest absolute Gasteiger partial charge is 0.250 e. The third kappa shape index (κ3) is 3.57. The van der Waals surface area contributed by atoms with Gasteiger partial charge in [-0.2, -0.15) is 5.10 Å². The van der Waals surface area contributed by atoms with Crippen LogP contribution in [0.1, 0.15) is 32.6 Å². The molecule has 2 aromatic rings. The summed E-state index contributed by atoms with van der Waals surface area (Å²) in [6, 6.07) is 3.42. The summed E-state index contributed by atoms with van der Waals surface area (Å²) in [4.78, 5) is 0.615. The molecule has 0 aliphatic carbocycles. The van der Waals surface area contributed by atoms with E-state index in [4.69, 9.17) is 0 Å². The Morgan fingerprint density at radius 1 is 1.41 bits per heavy atom. The van der Waals surface area contributed by atoms with Crippen LogP contribution in [0.3, 0.4) is 0 Å². The lowest BCUT2D eigenvalue weighted by molar-refractivity contribution is 0.286. The first-order valence-electron chi connectivity index (χ1n) is 6.97. The van der Waals surface area contributed by atoms with Gasteiger partial charge >= 0.3 is 0 Å². The number of hydrogen-bond acceptors (Lipinski definition) is 5. The van der Waals surface area contributed by atoms with Crippen LogP contribution in [0.25, 0.3) is 11.3 Å². The number of hydrogen-bond donors (Lipinski definition) is 2. The number of thiophene rings is 1. The molecule has 22 heavy (non-hydrogen) atoms. The Labute approximate surface area is 134 Å². The Balaban J connectivity index is 2.50. The van der Waals surface area contributed by atoms with E-state index < -0.39 is 15.6 Å². The summed E-state index contributed by atoms with van der Waals surface area (Å²) >= 11 is 1.08. The molecule has 0 spiro atoms. The third-order valence-corrected chi connectivity index (χ3v) is 6.28. The van der Waals surface area contributed by atoms with Gasteiger partial charge in [0.25, 0.3) is 10.0 Å². The summed E-state index contributed by atoms with van der Waals surface area (Å²) in [5.41, 5.74) is 0.953. The number of nitrogens with one attached hydrogen (secondary N) is 1. The molecular weight excluding hydrogens is 322 g/mol. The maximum absolute atomic E-state index is 12.4. The Hall–Kier alpha value is -1.22. The van der Waals surface area contributed by atoms with Crippen molar-refractivity contribution >= 4 is 21.4 Å². The summed E-state index contributed by atoms with van der Waals surface area (Å²) in [7, 11) is -3.61. The Morgan fingerprint density at radius 2 is 2.09 bits per heavy atom. The van der Waals surface area contributed by atoms with Gasteiger partial charge in [0.2, 0.25) is 0 Å². The third-order valence-electron chi connectivity index (χ3n) is 2.93. The van der Waals surface area contributed by atoms with Crippen molar-refractivity contribution in [3.63, 3.8) is 0 Å².